The number of likely N-dealkylation sites (tertiary alicyclic amines) is 1. The highest BCUT2D eigenvalue weighted by Crippen LogP contribution is 2.69. The third-order valence-electron chi connectivity index (χ3n) is 10.1. The van der Waals surface area contributed by atoms with Crippen molar-refractivity contribution >= 4 is 35.2 Å². The lowest BCUT2D eigenvalue weighted by Crippen LogP contribution is -2.60. The number of aliphatic hydroxyl groups is 1. The summed E-state index contributed by atoms with van der Waals surface area (Å²) in [5.74, 6) is -1.58. The SMILES string of the molecule is C=CCN(CCC)C(=O)[C@@H]1[C@H]2C(=O)N([C@@H](CO)Cc3ccccc3)C(C(=O)N(CC=C)c3c(C)cccc3C)C23S[C@@H]1CC3C. The standard InChI is InChI=1S/C37H47N3O4S/c1-7-18-38(19-8-2)34(42)30-29-21-26(6)37(45-29)31(30)35(43)40(28(23-41)22-27-16-11-10-12-17-27)33(37)36(44)39(20-9-3)32-24(4)14-13-15-25(32)5/h7,9-17,26,28-31,33,41H,1,3,8,18-23H2,2,4-6H3/t26?,28-,29-,30+,31+,33?,37?/m1/s1. The molecule has 2 bridgehead atoms. The van der Waals surface area contributed by atoms with Gasteiger partial charge in [-0.25, -0.2) is 0 Å². The Balaban J connectivity index is 1.66. The minimum Gasteiger partial charge on any atom is -0.394 e. The molecule has 3 aliphatic heterocycles. The van der Waals surface area contributed by atoms with Crippen LogP contribution in [0.25, 0.3) is 0 Å². The van der Waals surface area contributed by atoms with Crippen LogP contribution in [0.2, 0.25) is 0 Å². The number of amides is 3. The first-order chi connectivity index (χ1) is 21.7. The molecule has 5 rings (SSSR count). The number of para-hydroxylation sites is 1. The Morgan fingerprint density at radius 2 is 1.73 bits per heavy atom. The van der Waals surface area contributed by atoms with Crippen molar-refractivity contribution in [2.24, 2.45) is 17.8 Å². The fourth-order valence-corrected chi connectivity index (χ4v) is 10.7. The van der Waals surface area contributed by atoms with Gasteiger partial charge in [-0.05, 0) is 55.7 Å². The van der Waals surface area contributed by atoms with Crippen molar-refractivity contribution in [3.63, 3.8) is 0 Å². The zero-order valence-electron chi connectivity index (χ0n) is 27.0. The Labute approximate surface area is 272 Å². The van der Waals surface area contributed by atoms with Crippen LogP contribution in [0.15, 0.2) is 73.8 Å². The lowest BCUT2D eigenvalue weighted by atomic mass is 9.65. The van der Waals surface area contributed by atoms with E-state index in [0.29, 0.717) is 19.5 Å². The molecular weight excluding hydrogens is 582 g/mol. The Hall–Kier alpha value is -3.36. The van der Waals surface area contributed by atoms with Gasteiger partial charge in [0, 0.05) is 30.6 Å². The summed E-state index contributed by atoms with van der Waals surface area (Å²) in [7, 11) is 0. The molecule has 7 atom stereocenters. The van der Waals surface area contributed by atoms with E-state index in [1.807, 2.05) is 74.2 Å². The Kier molecular flexibility index (Phi) is 9.94. The normalized spacial score (nSPS) is 27.3. The number of aliphatic hydroxyl groups excluding tert-OH is 1. The van der Waals surface area contributed by atoms with E-state index in [1.54, 1.807) is 33.7 Å². The van der Waals surface area contributed by atoms with E-state index in [0.717, 1.165) is 35.2 Å². The lowest BCUT2D eigenvalue weighted by molar-refractivity contribution is -0.145. The third-order valence-corrected chi connectivity index (χ3v) is 12.1. The predicted molar refractivity (Wildman–Crippen MR) is 182 cm³/mol. The van der Waals surface area contributed by atoms with Crippen LogP contribution in [-0.2, 0) is 20.8 Å². The maximum atomic E-state index is 15.2. The summed E-state index contributed by atoms with van der Waals surface area (Å²) in [6.45, 7) is 17.0. The second kappa shape index (κ2) is 13.6. The van der Waals surface area contributed by atoms with Crippen LogP contribution >= 0.6 is 11.8 Å². The van der Waals surface area contributed by atoms with Crippen molar-refractivity contribution in [3.8, 4) is 0 Å². The number of thioether (sulfide) groups is 1. The fraction of sp³-hybridized carbons (Fsp3) is 0.486. The van der Waals surface area contributed by atoms with Gasteiger partial charge in [0.05, 0.1) is 29.2 Å². The fourth-order valence-electron chi connectivity index (χ4n) is 8.28. The first-order valence-electron chi connectivity index (χ1n) is 16.2. The van der Waals surface area contributed by atoms with Crippen LogP contribution in [0, 0.1) is 31.6 Å². The van der Waals surface area contributed by atoms with Gasteiger partial charge in [0.1, 0.15) is 6.04 Å². The van der Waals surface area contributed by atoms with Gasteiger partial charge in [0.15, 0.2) is 0 Å². The smallest absolute Gasteiger partial charge is 0.251 e. The highest BCUT2D eigenvalue weighted by molar-refractivity contribution is 8.02. The van der Waals surface area contributed by atoms with E-state index in [9.17, 15) is 14.7 Å². The molecule has 0 aliphatic carbocycles. The first-order valence-corrected chi connectivity index (χ1v) is 17.1. The largest absolute Gasteiger partial charge is 0.394 e. The van der Waals surface area contributed by atoms with Crippen LogP contribution in [0.1, 0.15) is 43.4 Å². The number of nitrogens with zero attached hydrogens (tertiary/aromatic N) is 3. The van der Waals surface area contributed by atoms with Gasteiger partial charge in [-0.15, -0.1) is 24.9 Å². The zero-order chi connectivity index (χ0) is 32.5. The van der Waals surface area contributed by atoms with Crippen LogP contribution < -0.4 is 4.90 Å². The van der Waals surface area contributed by atoms with Gasteiger partial charge in [-0.2, -0.15) is 0 Å². The number of fused-ring (bicyclic) bond motifs is 1. The van der Waals surface area contributed by atoms with Crippen LogP contribution in [0.4, 0.5) is 5.69 Å². The summed E-state index contributed by atoms with van der Waals surface area (Å²) >= 11 is 1.67. The van der Waals surface area contributed by atoms with Gasteiger partial charge in [0.25, 0.3) is 5.91 Å². The van der Waals surface area contributed by atoms with Crippen molar-refractivity contribution < 1.29 is 19.5 Å². The second-order valence-electron chi connectivity index (χ2n) is 12.9. The Morgan fingerprint density at radius 3 is 2.33 bits per heavy atom. The topological polar surface area (TPSA) is 81.2 Å². The molecule has 8 heteroatoms. The monoisotopic (exact) mass is 629 g/mol. The number of benzene rings is 2. The number of carbonyl (C=O) groups excluding carboxylic acids is 3. The van der Waals surface area contributed by atoms with Crippen molar-refractivity contribution in [3.05, 3.63) is 90.5 Å². The molecule has 3 heterocycles. The van der Waals surface area contributed by atoms with Gasteiger partial charge in [-0.1, -0.05) is 74.5 Å². The van der Waals surface area contributed by atoms with E-state index in [-0.39, 0.29) is 42.0 Å². The molecule has 3 aliphatic rings. The highest BCUT2D eigenvalue weighted by Gasteiger charge is 2.77. The summed E-state index contributed by atoms with van der Waals surface area (Å²) in [4.78, 5) is 49.8. The zero-order valence-corrected chi connectivity index (χ0v) is 27.8. The molecule has 0 radical (unpaired) electrons. The molecule has 3 saturated heterocycles. The number of hydrogen-bond acceptors (Lipinski definition) is 5. The third kappa shape index (κ3) is 5.54. The summed E-state index contributed by atoms with van der Waals surface area (Å²) in [5.41, 5.74) is 3.71. The molecule has 3 amide bonds. The average Bonchev–Trinajstić information content (AvgIpc) is 3.62. The Bertz CT molecular complexity index is 1430. The molecule has 240 valence electrons. The molecule has 0 aromatic heterocycles. The summed E-state index contributed by atoms with van der Waals surface area (Å²) in [6, 6.07) is 14.3. The van der Waals surface area contributed by atoms with Crippen LogP contribution in [-0.4, -0.2) is 80.9 Å². The number of anilines is 1. The maximum Gasteiger partial charge on any atom is 0.251 e. The molecule has 2 aromatic rings. The molecule has 0 saturated carbocycles. The van der Waals surface area contributed by atoms with E-state index >= 15 is 4.79 Å². The summed E-state index contributed by atoms with van der Waals surface area (Å²) < 4.78 is -0.800. The number of hydrogen-bond donors (Lipinski definition) is 1. The summed E-state index contributed by atoms with van der Waals surface area (Å²) in [5, 5.41) is 10.8. The van der Waals surface area contributed by atoms with Gasteiger partial charge in [0.2, 0.25) is 11.8 Å². The van der Waals surface area contributed by atoms with Crippen molar-refractivity contribution in [2.75, 3.05) is 31.1 Å². The number of carbonyl (C=O) groups is 3. The number of rotatable bonds is 13. The molecule has 3 unspecified atom stereocenters. The quantitative estimate of drug-likeness (QED) is 0.309. The minimum atomic E-state index is -0.850. The van der Waals surface area contributed by atoms with Crippen LogP contribution in [0.3, 0.4) is 0 Å². The molecule has 2 aromatic carbocycles. The van der Waals surface area contributed by atoms with E-state index in [4.69, 9.17) is 0 Å². The van der Waals surface area contributed by atoms with Crippen LogP contribution in [0.5, 0.6) is 0 Å². The van der Waals surface area contributed by atoms with Gasteiger partial charge < -0.3 is 19.8 Å². The molecule has 45 heavy (non-hydrogen) atoms. The lowest BCUT2D eigenvalue weighted by Gasteiger charge is -2.42. The summed E-state index contributed by atoms with van der Waals surface area (Å²) in [6.07, 6.45) is 5.42. The molecule has 3 fully saturated rings. The Morgan fingerprint density at radius 1 is 1.07 bits per heavy atom. The molecular formula is C37H47N3O4S. The van der Waals surface area contributed by atoms with Crippen molar-refractivity contribution in [1.82, 2.24) is 9.80 Å². The number of aryl methyl sites for hydroxylation is 2. The van der Waals surface area contributed by atoms with Gasteiger partial charge in [-0.3, -0.25) is 14.4 Å². The highest BCUT2D eigenvalue weighted by atomic mass is 32.2. The first kappa shape index (κ1) is 33.0. The molecule has 1 N–H and O–H groups in total. The average molecular weight is 630 g/mol. The van der Waals surface area contributed by atoms with Crippen molar-refractivity contribution in [1.29, 1.82) is 0 Å². The maximum absolute atomic E-state index is 15.2. The van der Waals surface area contributed by atoms with E-state index in [1.165, 1.54) is 0 Å². The van der Waals surface area contributed by atoms with Gasteiger partial charge >= 0.3 is 0 Å². The molecule has 7 nitrogen and oxygen atoms in total. The van der Waals surface area contributed by atoms with E-state index in [2.05, 4.69) is 20.1 Å². The minimum absolute atomic E-state index is 0.0168. The second-order valence-corrected chi connectivity index (χ2v) is 14.4. The van der Waals surface area contributed by atoms with E-state index < -0.39 is 28.7 Å². The predicted octanol–water partition coefficient (Wildman–Crippen LogP) is 5.19. The van der Waals surface area contributed by atoms with Crippen molar-refractivity contribution in [2.45, 2.75) is 69.0 Å². The molecule has 1 spiro atoms.